The fraction of sp³-hybridized carbons (Fsp3) is 1.00. The molecule has 0 radical (unpaired) electrons. The molecule has 1 aliphatic carbocycles. The van der Waals surface area contributed by atoms with E-state index >= 15 is 0 Å². The topological polar surface area (TPSA) is 21.3 Å². The van der Waals surface area contributed by atoms with Crippen LogP contribution in [0.4, 0.5) is 0 Å². The highest BCUT2D eigenvalue weighted by atomic mass is 16.5. The average molecular weight is 199 g/mol. The van der Waals surface area contributed by atoms with E-state index in [9.17, 15) is 0 Å². The minimum atomic E-state index is 0.598. The van der Waals surface area contributed by atoms with Gasteiger partial charge >= 0.3 is 0 Å². The minimum absolute atomic E-state index is 0.598. The van der Waals surface area contributed by atoms with Crippen LogP contribution in [0, 0.1) is 17.8 Å². The van der Waals surface area contributed by atoms with Crippen molar-refractivity contribution in [2.45, 2.75) is 39.7 Å². The van der Waals surface area contributed by atoms with Crippen molar-refractivity contribution in [3.05, 3.63) is 0 Å². The van der Waals surface area contributed by atoms with E-state index in [0.717, 1.165) is 30.9 Å². The van der Waals surface area contributed by atoms with Crippen molar-refractivity contribution in [3.8, 4) is 0 Å². The lowest BCUT2D eigenvalue weighted by Gasteiger charge is -2.22. The van der Waals surface area contributed by atoms with E-state index in [1.165, 1.54) is 12.8 Å². The van der Waals surface area contributed by atoms with Crippen LogP contribution in [0.2, 0.25) is 0 Å². The number of rotatable bonds is 7. The Morgan fingerprint density at radius 1 is 1.29 bits per heavy atom. The Morgan fingerprint density at radius 2 is 1.93 bits per heavy atom. The summed E-state index contributed by atoms with van der Waals surface area (Å²) in [5, 5.41) is 3.64. The summed E-state index contributed by atoms with van der Waals surface area (Å²) in [5.74, 6) is 2.41. The molecule has 0 heterocycles. The molecule has 84 valence electrons. The zero-order valence-electron chi connectivity index (χ0n) is 10.0. The molecule has 0 aromatic rings. The summed E-state index contributed by atoms with van der Waals surface area (Å²) in [6.07, 6.45) is 2.77. The highest BCUT2D eigenvalue weighted by Crippen LogP contribution is 2.32. The predicted octanol–water partition coefficient (Wildman–Crippen LogP) is 2.29. The summed E-state index contributed by atoms with van der Waals surface area (Å²) in [6, 6.07) is 0.598. The average Bonchev–Trinajstić information content (AvgIpc) is 2.94. The van der Waals surface area contributed by atoms with Gasteiger partial charge in [-0.2, -0.15) is 0 Å². The maximum absolute atomic E-state index is 5.24. The number of hydrogen-bond donors (Lipinski definition) is 1. The van der Waals surface area contributed by atoms with Crippen LogP contribution in [0.15, 0.2) is 0 Å². The van der Waals surface area contributed by atoms with Gasteiger partial charge in [0.1, 0.15) is 0 Å². The van der Waals surface area contributed by atoms with Gasteiger partial charge in [-0.05, 0) is 37.1 Å². The first-order valence-corrected chi connectivity index (χ1v) is 5.87. The third-order valence-electron chi connectivity index (χ3n) is 3.38. The van der Waals surface area contributed by atoms with Crippen LogP contribution in [0.5, 0.6) is 0 Å². The van der Waals surface area contributed by atoms with Crippen molar-refractivity contribution in [2.24, 2.45) is 17.8 Å². The zero-order chi connectivity index (χ0) is 10.6. The van der Waals surface area contributed by atoms with Gasteiger partial charge in [0.2, 0.25) is 0 Å². The molecule has 14 heavy (non-hydrogen) atoms. The van der Waals surface area contributed by atoms with E-state index in [2.05, 4.69) is 26.1 Å². The molecule has 2 heteroatoms. The van der Waals surface area contributed by atoms with Crippen molar-refractivity contribution in [1.29, 1.82) is 0 Å². The molecule has 1 fully saturated rings. The normalized spacial score (nSPS) is 21.2. The molecule has 0 spiro atoms. The molecule has 1 aliphatic rings. The molecular weight excluding hydrogens is 174 g/mol. The summed E-state index contributed by atoms with van der Waals surface area (Å²) in [5.41, 5.74) is 0. The van der Waals surface area contributed by atoms with Crippen molar-refractivity contribution >= 4 is 0 Å². The lowest BCUT2D eigenvalue weighted by Crippen LogP contribution is -2.38. The van der Waals surface area contributed by atoms with Crippen molar-refractivity contribution in [2.75, 3.05) is 20.3 Å². The lowest BCUT2D eigenvalue weighted by atomic mass is 9.98. The molecule has 2 nitrogen and oxygen atoms in total. The highest BCUT2D eigenvalue weighted by Gasteiger charge is 2.30. The second kappa shape index (κ2) is 5.72. The van der Waals surface area contributed by atoms with Crippen molar-refractivity contribution in [3.63, 3.8) is 0 Å². The maximum atomic E-state index is 5.24. The van der Waals surface area contributed by atoms with E-state index in [1.54, 1.807) is 7.11 Å². The largest absolute Gasteiger partial charge is 0.383 e. The van der Waals surface area contributed by atoms with E-state index in [4.69, 9.17) is 4.74 Å². The Bertz CT molecular complexity index is 154. The fourth-order valence-electron chi connectivity index (χ4n) is 1.61. The van der Waals surface area contributed by atoms with Gasteiger partial charge in [-0.3, -0.25) is 0 Å². The van der Waals surface area contributed by atoms with Crippen LogP contribution in [-0.2, 0) is 4.74 Å². The monoisotopic (exact) mass is 199 g/mol. The molecule has 2 unspecified atom stereocenters. The minimum Gasteiger partial charge on any atom is -0.383 e. The number of methoxy groups -OCH3 is 1. The van der Waals surface area contributed by atoms with Crippen molar-refractivity contribution in [1.82, 2.24) is 5.32 Å². The smallest absolute Gasteiger partial charge is 0.0618 e. The Hall–Kier alpha value is -0.0800. The molecule has 1 N–H and O–H groups in total. The molecule has 1 saturated carbocycles. The first kappa shape index (κ1) is 12.0. The fourth-order valence-corrected chi connectivity index (χ4v) is 1.61. The van der Waals surface area contributed by atoms with Crippen molar-refractivity contribution < 1.29 is 4.74 Å². The second-order valence-electron chi connectivity index (χ2n) is 5.03. The van der Waals surface area contributed by atoms with Gasteiger partial charge in [-0.25, -0.2) is 0 Å². The summed E-state index contributed by atoms with van der Waals surface area (Å²) >= 11 is 0. The summed E-state index contributed by atoms with van der Waals surface area (Å²) < 4.78 is 5.24. The summed E-state index contributed by atoms with van der Waals surface area (Å²) in [7, 11) is 1.79. The van der Waals surface area contributed by atoms with Gasteiger partial charge in [0.15, 0.2) is 0 Å². The SMILES string of the molecule is COCC(NCC(C)C(C)C)C1CC1. The van der Waals surface area contributed by atoms with Crippen LogP contribution in [-0.4, -0.2) is 26.3 Å². The van der Waals surface area contributed by atoms with Crippen LogP contribution in [0.3, 0.4) is 0 Å². The van der Waals surface area contributed by atoms with Gasteiger partial charge in [0.25, 0.3) is 0 Å². The maximum Gasteiger partial charge on any atom is 0.0618 e. The van der Waals surface area contributed by atoms with Gasteiger partial charge < -0.3 is 10.1 Å². The van der Waals surface area contributed by atoms with E-state index < -0.39 is 0 Å². The second-order valence-corrected chi connectivity index (χ2v) is 5.03. The Morgan fingerprint density at radius 3 is 2.36 bits per heavy atom. The predicted molar refractivity (Wildman–Crippen MR) is 60.4 cm³/mol. The Balaban J connectivity index is 2.18. The van der Waals surface area contributed by atoms with Gasteiger partial charge in [0.05, 0.1) is 6.61 Å². The summed E-state index contributed by atoms with van der Waals surface area (Å²) in [6.45, 7) is 8.88. The van der Waals surface area contributed by atoms with Gasteiger partial charge in [-0.15, -0.1) is 0 Å². The quantitative estimate of drug-likeness (QED) is 0.679. The third-order valence-corrected chi connectivity index (χ3v) is 3.38. The molecule has 2 atom stereocenters. The standard InChI is InChI=1S/C12H25NO/c1-9(2)10(3)7-13-12(8-14-4)11-5-6-11/h9-13H,5-8H2,1-4H3. The number of nitrogens with one attached hydrogen (secondary N) is 1. The Labute approximate surface area is 88.4 Å². The summed E-state index contributed by atoms with van der Waals surface area (Å²) in [4.78, 5) is 0. The first-order valence-electron chi connectivity index (χ1n) is 5.87. The third kappa shape index (κ3) is 3.97. The first-order chi connectivity index (χ1) is 6.65. The molecule has 0 saturated heterocycles. The molecule has 1 rings (SSSR count). The number of ether oxygens (including phenoxy) is 1. The lowest BCUT2D eigenvalue weighted by molar-refractivity contribution is 0.153. The van der Waals surface area contributed by atoms with E-state index in [0.29, 0.717) is 6.04 Å². The van der Waals surface area contributed by atoms with E-state index in [1.807, 2.05) is 0 Å². The van der Waals surface area contributed by atoms with Crippen LogP contribution < -0.4 is 5.32 Å². The van der Waals surface area contributed by atoms with Crippen LogP contribution in [0.1, 0.15) is 33.6 Å². The van der Waals surface area contributed by atoms with Gasteiger partial charge in [-0.1, -0.05) is 20.8 Å². The zero-order valence-corrected chi connectivity index (χ0v) is 10.0. The van der Waals surface area contributed by atoms with Gasteiger partial charge in [0, 0.05) is 13.2 Å². The Kier molecular flexibility index (Phi) is 4.90. The van der Waals surface area contributed by atoms with Crippen LogP contribution in [0.25, 0.3) is 0 Å². The molecule has 0 amide bonds. The molecule has 0 aromatic heterocycles. The number of hydrogen-bond acceptors (Lipinski definition) is 2. The molecule has 0 aliphatic heterocycles. The van der Waals surface area contributed by atoms with E-state index in [-0.39, 0.29) is 0 Å². The van der Waals surface area contributed by atoms with Crippen LogP contribution >= 0.6 is 0 Å². The highest BCUT2D eigenvalue weighted by molar-refractivity contribution is 4.86. The molecular formula is C12H25NO. The molecule has 0 bridgehead atoms. The molecule has 0 aromatic carbocycles.